The number of nitrogens with one attached hydrogen (secondary N) is 1. The lowest BCUT2D eigenvalue weighted by molar-refractivity contribution is 0.372. The maximum absolute atomic E-state index is 6.04. The molecule has 2 unspecified atom stereocenters. The van der Waals surface area contributed by atoms with Crippen LogP contribution in [0, 0.1) is 5.92 Å². The number of hydrogen-bond acceptors (Lipinski definition) is 4. The second-order valence-corrected chi connectivity index (χ2v) is 7.71. The molecule has 3 heterocycles. The number of fused-ring (bicyclic) bond motifs is 2. The molecule has 1 aromatic heterocycles. The van der Waals surface area contributed by atoms with Crippen LogP contribution in [0.1, 0.15) is 12.8 Å². The van der Waals surface area contributed by atoms with Crippen molar-refractivity contribution in [2.24, 2.45) is 5.92 Å². The molecular formula is C21H22Cl2N4. The minimum Gasteiger partial charge on any atom is -0.353 e. The summed E-state index contributed by atoms with van der Waals surface area (Å²) in [5.74, 6) is 1.82. The number of aromatic nitrogens is 2. The maximum atomic E-state index is 6.04. The summed E-state index contributed by atoms with van der Waals surface area (Å²) in [4.78, 5) is 2.40. The fraction of sp³-hybridized carbons (Fsp3) is 0.333. The molecular weight excluding hydrogens is 379 g/mol. The van der Waals surface area contributed by atoms with Crippen LogP contribution in [0.2, 0.25) is 5.02 Å². The van der Waals surface area contributed by atoms with Crippen molar-refractivity contribution in [3.8, 4) is 11.3 Å². The van der Waals surface area contributed by atoms with Gasteiger partial charge in [0, 0.05) is 40.5 Å². The Hall–Kier alpha value is -1.88. The Balaban J connectivity index is 0.00000180. The predicted octanol–water partition coefficient (Wildman–Crippen LogP) is 4.56. The van der Waals surface area contributed by atoms with E-state index in [-0.39, 0.29) is 12.4 Å². The van der Waals surface area contributed by atoms with Gasteiger partial charge in [0.15, 0.2) is 5.82 Å². The van der Waals surface area contributed by atoms with Gasteiger partial charge in [0.05, 0.1) is 0 Å². The van der Waals surface area contributed by atoms with Crippen molar-refractivity contribution in [1.29, 1.82) is 0 Å². The Labute approximate surface area is 170 Å². The smallest absolute Gasteiger partial charge is 0.159 e. The first-order chi connectivity index (χ1) is 12.8. The molecule has 2 aliphatic heterocycles. The van der Waals surface area contributed by atoms with Crippen molar-refractivity contribution < 1.29 is 0 Å². The third-order valence-electron chi connectivity index (χ3n) is 5.76. The average Bonchev–Trinajstić information content (AvgIpc) is 3.16. The zero-order valence-corrected chi connectivity index (χ0v) is 16.5. The Morgan fingerprint density at radius 1 is 0.963 bits per heavy atom. The molecule has 3 aromatic rings. The predicted molar refractivity (Wildman–Crippen MR) is 114 cm³/mol. The third-order valence-corrected chi connectivity index (χ3v) is 6.01. The molecule has 27 heavy (non-hydrogen) atoms. The number of anilines is 1. The second-order valence-electron chi connectivity index (χ2n) is 7.27. The van der Waals surface area contributed by atoms with Gasteiger partial charge in [0.2, 0.25) is 0 Å². The van der Waals surface area contributed by atoms with E-state index in [1.54, 1.807) is 0 Å². The number of rotatable bonds is 2. The van der Waals surface area contributed by atoms with E-state index in [0.717, 1.165) is 53.0 Å². The highest BCUT2D eigenvalue weighted by Crippen LogP contribution is 2.34. The molecule has 2 aromatic carbocycles. The van der Waals surface area contributed by atoms with Crippen LogP contribution in [-0.2, 0) is 0 Å². The summed E-state index contributed by atoms with van der Waals surface area (Å²) >= 11 is 6.04. The topological polar surface area (TPSA) is 41.1 Å². The Morgan fingerprint density at radius 2 is 1.74 bits per heavy atom. The first-order valence-corrected chi connectivity index (χ1v) is 9.67. The molecule has 6 heteroatoms. The average molecular weight is 401 g/mol. The van der Waals surface area contributed by atoms with E-state index < -0.39 is 0 Å². The lowest BCUT2D eigenvalue weighted by atomic mass is 9.92. The van der Waals surface area contributed by atoms with Gasteiger partial charge in [-0.25, -0.2) is 0 Å². The van der Waals surface area contributed by atoms with Gasteiger partial charge in [-0.05, 0) is 37.4 Å². The van der Waals surface area contributed by atoms with Crippen LogP contribution >= 0.6 is 24.0 Å². The Morgan fingerprint density at radius 3 is 2.56 bits per heavy atom. The largest absolute Gasteiger partial charge is 0.353 e. The Kier molecular flexibility index (Phi) is 5.22. The third kappa shape index (κ3) is 3.38. The zero-order chi connectivity index (χ0) is 17.5. The standard InChI is InChI=1S/C21H21ClN4.ClH/c22-16-7-5-15(6-8-16)20-17-3-1-2-4-18(17)21(25-24-20)26-12-10-14-9-11-23-19(14)13-26;/h1-8,14,19,23H,9-13H2;1H. The molecule has 1 N–H and O–H groups in total. The van der Waals surface area contributed by atoms with Gasteiger partial charge in [-0.3, -0.25) is 0 Å². The summed E-state index contributed by atoms with van der Waals surface area (Å²) in [7, 11) is 0. The number of nitrogens with zero attached hydrogens (tertiary/aromatic N) is 3. The molecule has 2 atom stereocenters. The molecule has 0 saturated carbocycles. The molecule has 0 amide bonds. The first-order valence-electron chi connectivity index (χ1n) is 9.29. The zero-order valence-electron chi connectivity index (χ0n) is 14.9. The van der Waals surface area contributed by atoms with Crippen molar-refractivity contribution in [3.05, 3.63) is 53.6 Å². The van der Waals surface area contributed by atoms with Crippen molar-refractivity contribution in [2.45, 2.75) is 18.9 Å². The summed E-state index contributed by atoms with van der Waals surface area (Å²) in [6.45, 7) is 3.22. The minimum atomic E-state index is 0. The van der Waals surface area contributed by atoms with Crippen LogP contribution in [0.3, 0.4) is 0 Å². The molecule has 4 nitrogen and oxygen atoms in total. The minimum absolute atomic E-state index is 0. The molecule has 2 saturated heterocycles. The van der Waals surface area contributed by atoms with Crippen LogP contribution in [0.25, 0.3) is 22.0 Å². The van der Waals surface area contributed by atoms with Crippen molar-refractivity contribution in [1.82, 2.24) is 15.5 Å². The lowest BCUT2D eigenvalue weighted by Gasteiger charge is -2.36. The maximum Gasteiger partial charge on any atom is 0.159 e. The van der Waals surface area contributed by atoms with Gasteiger partial charge < -0.3 is 10.2 Å². The van der Waals surface area contributed by atoms with Gasteiger partial charge >= 0.3 is 0 Å². The van der Waals surface area contributed by atoms with E-state index in [1.165, 1.54) is 18.2 Å². The lowest BCUT2D eigenvalue weighted by Crippen LogP contribution is -2.46. The summed E-state index contributed by atoms with van der Waals surface area (Å²) in [5, 5.41) is 16.0. The number of piperidine rings is 1. The monoisotopic (exact) mass is 400 g/mol. The van der Waals surface area contributed by atoms with E-state index in [1.807, 2.05) is 24.3 Å². The van der Waals surface area contributed by atoms with Crippen LogP contribution in [-0.4, -0.2) is 35.9 Å². The van der Waals surface area contributed by atoms with Gasteiger partial charge in [0.1, 0.15) is 5.69 Å². The second kappa shape index (κ2) is 7.63. The highest BCUT2D eigenvalue weighted by atomic mass is 35.5. The summed E-state index contributed by atoms with van der Waals surface area (Å²) in [6, 6.07) is 16.8. The number of benzene rings is 2. The SMILES string of the molecule is Cl.Clc1ccc(-c2nnc(N3CCC4CCNC4C3)c3ccccc23)cc1. The van der Waals surface area contributed by atoms with Crippen molar-refractivity contribution in [2.75, 3.05) is 24.5 Å². The fourth-order valence-electron chi connectivity index (χ4n) is 4.37. The Bertz CT molecular complexity index is 945. The van der Waals surface area contributed by atoms with Crippen molar-refractivity contribution in [3.63, 3.8) is 0 Å². The summed E-state index contributed by atoms with van der Waals surface area (Å²) < 4.78 is 0. The molecule has 140 valence electrons. The molecule has 0 bridgehead atoms. The van der Waals surface area contributed by atoms with Gasteiger partial charge in [0.25, 0.3) is 0 Å². The van der Waals surface area contributed by atoms with Crippen LogP contribution in [0.4, 0.5) is 5.82 Å². The van der Waals surface area contributed by atoms with E-state index in [2.05, 4.69) is 44.7 Å². The quantitative estimate of drug-likeness (QED) is 0.684. The molecule has 5 rings (SSSR count). The first kappa shape index (κ1) is 18.5. The molecule has 0 aliphatic carbocycles. The molecule has 2 aliphatic rings. The van der Waals surface area contributed by atoms with Gasteiger partial charge in [-0.2, -0.15) is 0 Å². The highest BCUT2D eigenvalue weighted by molar-refractivity contribution is 6.30. The van der Waals surface area contributed by atoms with E-state index >= 15 is 0 Å². The number of hydrogen-bond donors (Lipinski definition) is 1. The van der Waals surface area contributed by atoms with Gasteiger partial charge in [-0.1, -0.05) is 48.0 Å². The van der Waals surface area contributed by atoms with E-state index in [0.29, 0.717) is 6.04 Å². The number of halogens is 2. The van der Waals surface area contributed by atoms with Crippen LogP contribution in [0.5, 0.6) is 0 Å². The molecule has 2 fully saturated rings. The normalized spacial score (nSPS) is 21.7. The molecule has 0 spiro atoms. The highest BCUT2D eigenvalue weighted by Gasteiger charge is 2.33. The van der Waals surface area contributed by atoms with Gasteiger partial charge in [-0.15, -0.1) is 22.6 Å². The summed E-state index contributed by atoms with van der Waals surface area (Å²) in [5.41, 5.74) is 1.95. The van der Waals surface area contributed by atoms with E-state index in [4.69, 9.17) is 11.6 Å². The van der Waals surface area contributed by atoms with Crippen LogP contribution in [0.15, 0.2) is 48.5 Å². The summed E-state index contributed by atoms with van der Waals surface area (Å²) in [6.07, 6.45) is 2.53. The van der Waals surface area contributed by atoms with E-state index in [9.17, 15) is 0 Å². The molecule has 0 radical (unpaired) electrons. The van der Waals surface area contributed by atoms with Crippen LogP contribution < -0.4 is 10.2 Å². The fourth-order valence-corrected chi connectivity index (χ4v) is 4.49. The van der Waals surface area contributed by atoms with Crippen molar-refractivity contribution >= 4 is 40.6 Å².